The highest BCUT2D eigenvalue weighted by Crippen LogP contribution is 2.26. The van der Waals surface area contributed by atoms with Crippen LogP contribution in [0, 0.1) is 0 Å². The number of phenols is 1. The summed E-state index contributed by atoms with van der Waals surface area (Å²) in [5.74, 6) is -0.931. The van der Waals surface area contributed by atoms with E-state index >= 15 is 0 Å². The van der Waals surface area contributed by atoms with Crippen molar-refractivity contribution < 1.29 is 15.0 Å². The second kappa shape index (κ2) is 7.01. The molecule has 0 aliphatic heterocycles. The second-order valence-corrected chi connectivity index (χ2v) is 5.94. The molecule has 0 aliphatic rings. The number of nitrogens with two attached hydrogens (primary N) is 1. The Kier molecular flexibility index (Phi) is 5.29. The van der Waals surface area contributed by atoms with Gasteiger partial charge in [0.05, 0.1) is 0 Å². The van der Waals surface area contributed by atoms with Crippen LogP contribution >= 0.6 is 23.2 Å². The summed E-state index contributed by atoms with van der Waals surface area (Å²) in [5.41, 5.74) is 7.79. The van der Waals surface area contributed by atoms with Crippen molar-refractivity contribution in [2.45, 2.75) is 18.9 Å². The maximum Gasteiger partial charge on any atom is 0.320 e. The van der Waals surface area contributed by atoms with Gasteiger partial charge in [0.1, 0.15) is 11.8 Å². The van der Waals surface area contributed by atoms with E-state index < -0.39 is 12.0 Å². The van der Waals surface area contributed by atoms with Crippen molar-refractivity contribution in [2.24, 2.45) is 5.73 Å². The molecule has 0 spiro atoms. The summed E-state index contributed by atoms with van der Waals surface area (Å²) in [4.78, 5) is 10.8. The molecule has 0 unspecified atom stereocenters. The number of phenolic OH excluding ortho intramolecular Hbond substituents is 1. The summed E-state index contributed by atoms with van der Waals surface area (Å²) in [7, 11) is 0. The molecule has 0 saturated heterocycles. The summed E-state index contributed by atoms with van der Waals surface area (Å²) in [5, 5.41) is 19.9. The van der Waals surface area contributed by atoms with E-state index in [0.717, 1.165) is 11.1 Å². The zero-order valence-electron chi connectivity index (χ0n) is 11.6. The van der Waals surface area contributed by atoms with Gasteiger partial charge < -0.3 is 15.9 Å². The minimum absolute atomic E-state index is 0.128. The molecule has 4 N–H and O–H groups in total. The molecule has 0 radical (unpaired) electrons. The van der Waals surface area contributed by atoms with E-state index in [1.54, 1.807) is 30.3 Å². The average molecular weight is 340 g/mol. The SMILES string of the molecule is N[C@@H](Cc1ccc(O)c(Cc2cc(Cl)cc(Cl)c2)c1)C(=O)O. The van der Waals surface area contributed by atoms with Crippen molar-refractivity contribution >= 4 is 29.2 Å². The minimum atomic E-state index is -1.06. The van der Waals surface area contributed by atoms with E-state index in [0.29, 0.717) is 22.0 Å². The van der Waals surface area contributed by atoms with Crippen LogP contribution in [0.5, 0.6) is 5.75 Å². The number of carbonyl (C=O) groups is 1. The summed E-state index contributed by atoms with van der Waals surface area (Å²) in [6, 6.07) is 9.13. The van der Waals surface area contributed by atoms with Crippen LogP contribution in [0.15, 0.2) is 36.4 Å². The monoisotopic (exact) mass is 339 g/mol. The fourth-order valence-electron chi connectivity index (χ4n) is 2.18. The Morgan fingerprint density at radius 1 is 1.09 bits per heavy atom. The van der Waals surface area contributed by atoms with Crippen LogP contribution in [0.3, 0.4) is 0 Å². The fourth-order valence-corrected chi connectivity index (χ4v) is 2.75. The molecule has 0 bridgehead atoms. The summed E-state index contributed by atoms with van der Waals surface area (Å²) in [6.45, 7) is 0. The Morgan fingerprint density at radius 2 is 1.73 bits per heavy atom. The lowest BCUT2D eigenvalue weighted by molar-refractivity contribution is -0.138. The lowest BCUT2D eigenvalue weighted by Gasteiger charge is -2.11. The van der Waals surface area contributed by atoms with E-state index in [1.807, 2.05) is 0 Å². The molecule has 116 valence electrons. The Balaban J connectivity index is 2.24. The molecule has 2 rings (SSSR count). The molecular weight excluding hydrogens is 325 g/mol. The van der Waals surface area contributed by atoms with Crippen LogP contribution in [0.1, 0.15) is 16.7 Å². The van der Waals surface area contributed by atoms with Gasteiger partial charge in [-0.3, -0.25) is 4.79 Å². The molecule has 1 atom stereocenters. The highest BCUT2D eigenvalue weighted by molar-refractivity contribution is 6.34. The zero-order valence-corrected chi connectivity index (χ0v) is 13.1. The van der Waals surface area contributed by atoms with E-state index in [4.69, 9.17) is 34.0 Å². The van der Waals surface area contributed by atoms with E-state index in [-0.39, 0.29) is 12.2 Å². The number of aromatic hydroxyl groups is 1. The highest BCUT2D eigenvalue weighted by Gasteiger charge is 2.13. The summed E-state index contributed by atoms with van der Waals surface area (Å²) in [6.07, 6.45) is 0.626. The molecule has 22 heavy (non-hydrogen) atoms. The van der Waals surface area contributed by atoms with Gasteiger partial charge >= 0.3 is 5.97 Å². The van der Waals surface area contributed by atoms with Gasteiger partial charge in [0, 0.05) is 16.5 Å². The van der Waals surface area contributed by atoms with Crippen molar-refractivity contribution in [3.8, 4) is 5.75 Å². The van der Waals surface area contributed by atoms with Gasteiger partial charge in [-0.1, -0.05) is 35.3 Å². The zero-order chi connectivity index (χ0) is 16.3. The molecule has 2 aromatic carbocycles. The van der Waals surface area contributed by atoms with Crippen LogP contribution in [0.4, 0.5) is 0 Å². The van der Waals surface area contributed by atoms with Gasteiger partial charge in [-0.15, -0.1) is 0 Å². The number of carboxylic acid groups (broad SMARTS) is 1. The lowest BCUT2D eigenvalue weighted by atomic mass is 9.99. The molecule has 0 fully saturated rings. The van der Waals surface area contributed by atoms with Gasteiger partial charge in [0.25, 0.3) is 0 Å². The minimum Gasteiger partial charge on any atom is -0.508 e. The molecule has 2 aromatic rings. The lowest BCUT2D eigenvalue weighted by Crippen LogP contribution is -2.32. The van der Waals surface area contributed by atoms with E-state index in [9.17, 15) is 9.90 Å². The Morgan fingerprint density at radius 3 is 2.32 bits per heavy atom. The average Bonchev–Trinajstić information content (AvgIpc) is 2.41. The Labute approximate surface area is 138 Å². The first kappa shape index (κ1) is 16.6. The number of carboxylic acids is 1. The number of rotatable bonds is 5. The first-order valence-corrected chi connectivity index (χ1v) is 7.35. The molecule has 0 aliphatic carbocycles. The number of hydrogen-bond acceptors (Lipinski definition) is 3. The normalized spacial score (nSPS) is 12.1. The summed E-state index contributed by atoms with van der Waals surface area (Å²) >= 11 is 11.9. The third-order valence-electron chi connectivity index (χ3n) is 3.23. The van der Waals surface area contributed by atoms with Crippen LogP contribution in [0.25, 0.3) is 0 Å². The smallest absolute Gasteiger partial charge is 0.320 e. The van der Waals surface area contributed by atoms with Gasteiger partial charge in [0.2, 0.25) is 0 Å². The summed E-state index contributed by atoms with van der Waals surface area (Å²) < 4.78 is 0. The van der Waals surface area contributed by atoms with Crippen molar-refractivity contribution in [1.29, 1.82) is 0 Å². The van der Waals surface area contributed by atoms with Crippen LogP contribution in [-0.2, 0) is 17.6 Å². The maximum absolute atomic E-state index is 10.8. The van der Waals surface area contributed by atoms with Crippen molar-refractivity contribution in [3.63, 3.8) is 0 Å². The van der Waals surface area contributed by atoms with Crippen molar-refractivity contribution in [1.82, 2.24) is 0 Å². The fraction of sp³-hybridized carbons (Fsp3) is 0.188. The third-order valence-corrected chi connectivity index (χ3v) is 3.67. The molecular formula is C16H15Cl2NO3. The first-order chi connectivity index (χ1) is 10.3. The quantitative estimate of drug-likeness (QED) is 0.780. The van der Waals surface area contributed by atoms with Gasteiger partial charge in [-0.05, 0) is 47.4 Å². The number of aliphatic carboxylic acids is 1. The molecule has 0 heterocycles. The van der Waals surface area contributed by atoms with E-state index in [2.05, 4.69) is 0 Å². The molecule has 0 saturated carbocycles. The van der Waals surface area contributed by atoms with Gasteiger partial charge in [-0.2, -0.15) is 0 Å². The highest BCUT2D eigenvalue weighted by atomic mass is 35.5. The topological polar surface area (TPSA) is 83.5 Å². The Hall–Kier alpha value is -1.75. The predicted molar refractivity (Wildman–Crippen MR) is 86.7 cm³/mol. The number of benzene rings is 2. The van der Waals surface area contributed by atoms with Gasteiger partial charge in [-0.25, -0.2) is 0 Å². The maximum atomic E-state index is 10.8. The first-order valence-electron chi connectivity index (χ1n) is 6.59. The van der Waals surface area contributed by atoms with Crippen LogP contribution < -0.4 is 5.73 Å². The van der Waals surface area contributed by atoms with Crippen molar-refractivity contribution in [3.05, 3.63) is 63.1 Å². The number of halogens is 2. The van der Waals surface area contributed by atoms with Gasteiger partial charge in [0.15, 0.2) is 0 Å². The van der Waals surface area contributed by atoms with E-state index in [1.165, 1.54) is 6.07 Å². The third kappa shape index (κ3) is 4.37. The predicted octanol–water partition coefficient (Wildman–Crippen LogP) is 3.24. The van der Waals surface area contributed by atoms with Crippen molar-refractivity contribution in [2.75, 3.05) is 0 Å². The van der Waals surface area contributed by atoms with Crippen LogP contribution in [-0.4, -0.2) is 22.2 Å². The number of hydrogen-bond donors (Lipinski definition) is 3. The molecule has 0 aromatic heterocycles. The standard InChI is InChI=1S/C16H15Cl2NO3/c17-12-5-10(6-13(18)8-12)4-11-3-9(1-2-15(11)20)7-14(19)16(21)22/h1-3,5-6,8,14,20H,4,7,19H2,(H,21,22)/t14-/m0/s1. The van der Waals surface area contributed by atoms with Crippen LogP contribution in [0.2, 0.25) is 10.0 Å². The second-order valence-electron chi connectivity index (χ2n) is 5.07. The largest absolute Gasteiger partial charge is 0.508 e. The molecule has 4 nitrogen and oxygen atoms in total. The molecule has 0 amide bonds. The molecule has 6 heteroatoms. The Bertz CT molecular complexity index is 684.